The summed E-state index contributed by atoms with van der Waals surface area (Å²) in [5, 5.41) is 12.1. The van der Waals surface area contributed by atoms with Crippen LogP contribution in [0.3, 0.4) is 0 Å². The lowest BCUT2D eigenvalue weighted by Gasteiger charge is -2.61. The zero-order valence-electron chi connectivity index (χ0n) is 21.2. The molecule has 0 amide bonds. The maximum Gasteiger partial charge on any atom is 0.331 e. The van der Waals surface area contributed by atoms with E-state index in [4.69, 9.17) is 14.2 Å². The second kappa shape index (κ2) is 6.33. The van der Waals surface area contributed by atoms with Crippen molar-refractivity contribution in [3.05, 3.63) is 35.5 Å². The summed E-state index contributed by atoms with van der Waals surface area (Å²) in [5.41, 5.74) is -6.77. The number of cyclic esters (lactones) is 2. The molecule has 0 unspecified atom stereocenters. The molecule has 8 nitrogen and oxygen atoms in total. The van der Waals surface area contributed by atoms with Crippen LogP contribution in [0.5, 0.6) is 0 Å². The molecule has 0 aromatic heterocycles. The summed E-state index contributed by atoms with van der Waals surface area (Å²) >= 11 is 0. The zero-order chi connectivity index (χ0) is 26.1. The Bertz CT molecular complexity index is 1210. The Morgan fingerprint density at radius 1 is 1.17 bits per heavy atom. The fourth-order valence-corrected chi connectivity index (χ4v) is 8.36. The van der Waals surface area contributed by atoms with Gasteiger partial charge in [-0.05, 0) is 58.6 Å². The van der Waals surface area contributed by atoms with Crippen molar-refractivity contribution in [2.24, 2.45) is 21.7 Å². The van der Waals surface area contributed by atoms with Crippen LogP contribution in [0, 0.1) is 21.7 Å². The van der Waals surface area contributed by atoms with Gasteiger partial charge >= 0.3 is 17.9 Å². The van der Waals surface area contributed by atoms with Gasteiger partial charge in [-0.2, -0.15) is 0 Å². The van der Waals surface area contributed by atoms with Gasteiger partial charge < -0.3 is 19.3 Å². The van der Waals surface area contributed by atoms with Crippen molar-refractivity contribution >= 4 is 23.7 Å². The van der Waals surface area contributed by atoms with Crippen molar-refractivity contribution in [3.8, 4) is 0 Å². The maximum absolute atomic E-state index is 14.2. The SMILES string of the molecule is C=C1[C@]2(C)C(=O)[C@]3(O)[C@H](C)OC(=O)[C@]13[C@@]1(C)CC[C@@]3(C=CC(=O)OC3(C)C)C(C)=C1[C@@H]2OC(C)=O. The lowest BCUT2D eigenvalue weighted by Crippen LogP contribution is -2.64. The third-order valence-corrected chi connectivity index (χ3v) is 10.2. The lowest BCUT2D eigenvalue weighted by molar-refractivity contribution is -0.167. The van der Waals surface area contributed by atoms with E-state index in [2.05, 4.69) is 6.58 Å². The standard InChI is InChI=1S/C27H32O8/c1-13-18-19(34-16(4)28)24(8)14(2)26(21(31)33-15(3)27(26,32)20(24)30)23(18,7)11-12-25(13)10-9-17(29)35-22(25,5)6/h9-10,15,19,32H,2,11-12H2,1,3-8H3/t15-,19-,23-,24-,25-,26-,27+/m0/s1. The number of ether oxygens (including phenoxy) is 3. The molecule has 2 bridgehead atoms. The molecule has 3 aliphatic carbocycles. The van der Waals surface area contributed by atoms with Crippen LogP contribution >= 0.6 is 0 Å². The Labute approximate surface area is 204 Å². The van der Waals surface area contributed by atoms with Crippen LogP contribution in [-0.2, 0) is 33.4 Å². The number of fused-ring (bicyclic) bond motifs is 2. The summed E-state index contributed by atoms with van der Waals surface area (Å²) in [4.78, 5) is 52.4. The molecule has 2 saturated carbocycles. The molecule has 188 valence electrons. The highest BCUT2D eigenvalue weighted by Crippen LogP contribution is 2.79. The van der Waals surface area contributed by atoms with Gasteiger partial charge in [0.25, 0.3) is 0 Å². The third-order valence-electron chi connectivity index (χ3n) is 10.2. The van der Waals surface area contributed by atoms with Crippen LogP contribution in [0.25, 0.3) is 0 Å². The lowest BCUT2D eigenvalue weighted by atomic mass is 9.41. The maximum atomic E-state index is 14.2. The fraction of sp³-hybridized carbons (Fsp3) is 0.630. The quantitative estimate of drug-likeness (QED) is 0.343. The monoisotopic (exact) mass is 484 g/mol. The van der Waals surface area contributed by atoms with Crippen LogP contribution in [0.15, 0.2) is 35.5 Å². The van der Waals surface area contributed by atoms with Gasteiger partial charge in [0.1, 0.15) is 23.2 Å². The van der Waals surface area contributed by atoms with E-state index in [-0.39, 0.29) is 5.57 Å². The number of aliphatic hydroxyl groups is 1. The van der Waals surface area contributed by atoms with Crippen LogP contribution < -0.4 is 0 Å². The molecule has 0 aromatic carbocycles. The van der Waals surface area contributed by atoms with Crippen molar-refractivity contribution in [1.29, 1.82) is 0 Å². The Morgan fingerprint density at radius 2 is 1.80 bits per heavy atom. The molecule has 1 saturated heterocycles. The number of ketones is 1. The van der Waals surface area contributed by atoms with Gasteiger partial charge in [-0.3, -0.25) is 14.4 Å². The molecular formula is C27H32O8. The first-order valence-electron chi connectivity index (χ1n) is 12.0. The normalized spacial score (nSPS) is 47.4. The summed E-state index contributed by atoms with van der Waals surface area (Å²) in [6.45, 7) is 15.9. The predicted molar refractivity (Wildman–Crippen MR) is 123 cm³/mol. The highest BCUT2D eigenvalue weighted by atomic mass is 16.6. The van der Waals surface area contributed by atoms with Crippen molar-refractivity contribution in [3.63, 3.8) is 0 Å². The van der Waals surface area contributed by atoms with Gasteiger partial charge in [-0.15, -0.1) is 0 Å². The van der Waals surface area contributed by atoms with E-state index in [0.717, 1.165) is 5.57 Å². The van der Waals surface area contributed by atoms with Gasteiger partial charge in [0.05, 0.1) is 5.41 Å². The molecule has 3 fully saturated rings. The predicted octanol–water partition coefficient (Wildman–Crippen LogP) is 2.73. The fourth-order valence-electron chi connectivity index (χ4n) is 8.36. The molecule has 2 aliphatic heterocycles. The average molecular weight is 485 g/mol. The molecule has 5 rings (SSSR count). The third kappa shape index (κ3) is 2.12. The minimum Gasteiger partial charge on any atom is -0.458 e. The average Bonchev–Trinajstić information content (AvgIpc) is 3.01. The summed E-state index contributed by atoms with van der Waals surface area (Å²) in [7, 11) is 0. The first-order chi connectivity index (χ1) is 16.0. The minimum absolute atomic E-state index is 0.220. The van der Waals surface area contributed by atoms with Crippen LogP contribution in [0.4, 0.5) is 0 Å². The Kier molecular flexibility index (Phi) is 4.33. The molecule has 0 radical (unpaired) electrons. The van der Waals surface area contributed by atoms with Crippen molar-refractivity contribution in [1.82, 2.24) is 0 Å². The first-order valence-corrected chi connectivity index (χ1v) is 12.0. The van der Waals surface area contributed by atoms with Gasteiger partial charge in [0.2, 0.25) is 0 Å². The molecule has 8 heteroatoms. The Hall–Kier alpha value is -2.74. The largest absolute Gasteiger partial charge is 0.458 e. The summed E-state index contributed by atoms with van der Waals surface area (Å²) in [6, 6.07) is 0. The number of carbonyl (C=O) groups excluding carboxylic acids is 4. The highest BCUT2D eigenvalue weighted by Gasteiger charge is 2.90. The molecule has 2 heterocycles. The second-order valence-electron chi connectivity index (χ2n) is 11.7. The zero-order valence-corrected chi connectivity index (χ0v) is 21.2. The van der Waals surface area contributed by atoms with E-state index < -0.39 is 68.8 Å². The van der Waals surface area contributed by atoms with E-state index >= 15 is 0 Å². The van der Waals surface area contributed by atoms with Crippen molar-refractivity contribution in [2.45, 2.75) is 84.7 Å². The number of hydrogen-bond acceptors (Lipinski definition) is 8. The molecule has 0 aromatic rings. The highest BCUT2D eigenvalue weighted by molar-refractivity contribution is 6.12. The smallest absolute Gasteiger partial charge is 0.331 e. The van der Waals surface area contributed by atoms with E-state index in [1.54, 1.807) is 6.92 Å². The van der Waals surface area contributed by atoms with Crippen molar-refractivity contribution < 1.29 is 38.5 Å². The summed E-state index contributed by atoms with van der Waals surface area (Å²) in [6.07, 6.45) is 1.81. The van der Waals surface area contributed by atoms with E-state index in [1.165, 1.54) is 19.9 Å². The molecular weight excluding hydrogens is 452 g/mol. The van der Waals surface area contributed by atoms with Gasteiger partial charge in [0.15, 0.2) is 11.4 Å². The van der Waals surface area contributed by atoms with Crippen LogP contribution in [0.1, 0.15) is 61.3 Å². The molecule has 1 N–H and O–H groups in total. The number of esters is 3. The van der Waals surface area contributed by atoms with E-state index in [0.29, 0.717) is 18.4 Å². The van der Waals surface area contributed by atoms with Gasteiger partial charge in [-0.1, -0.05) is 25.2 Å². The number of carbonyl (C=O) groups is 4. The van der Waals surface area contributed by atoms with Crippen LogP contribution in [0.2, 0.25) is 0 Å². The second-order valence-corrected chi connectivity index (χ2v) is 11.7. The Morgan fingerprint density at radius 3 is 2.37 bits per heavy atom. The number of rotatable bonds is 1. The van der Waals surface area contributed by atoms with E-state index in [1.807, 2.05) is 33.8 Å². The topological polar surface area (TPSA) is 116 Å². The number of hydrogen-bond donors (Lipinski definition) is 1. The van der Waals surface area contributed by atoms with Gasteiger partial charge in [-0.25, -0.2) is 4.79 Å². The first kappa shape index (κ1) is 24.0. The minimum atomic E-state index is -2.17. The van der Waals surface area contributed by atoms with Crippen LogP contribution in [-0.4, -0.2) is 52.2 Å². The summed E-state index contributed by atoms with van der Waals surface area (Å²) in [5.74, 6) is -2.37. The van der Waals surface area contributed by atoms with Crippen molar-refractivity contribution in [2.75, 3.05) is 0 Å². The summed E-state index contributed by atoms with van der Waals surface area (Å²) < 4.78 is 17.2. The molecule has 35 heavy (non-hydrogen) atoms. The molecule has 2 spiro atoms. The van der Waals surface area contributed by atoms with E-state index in [9.17, 15) is 24.3 Å². The molecule has 5 aliphatic rings. The molecule has 7 atom stereocenters. The number of Topliss-reactive ketones (excluding diaryl/α,β-unsaturated/α-hetero) is 1. The Balaban J connectivity index is 1.93. The van der Waals surface area contributed by atoms with Gasteiger partial charge in [0, 0.05) is 23.8 Å².